The summed E-state index contributed by atoms with van der Waals surface area (Å²) in [5, 5.41) is 66.9. The van der Waals surface area contributed by atoms with E-state index in [0.717, 1.165) is 0 Å². The van der Waals surface area contributed by atoms with E-state index in [1.54, 1.807) is 41.5 Å². The normalized spacial score (nSPS) is 16.8. The minimum atomic E-state index is -1.73. The average molecular weight is 1080 g/mol. The van der Waals surface area contributed by atoms with Gasteiger partial charge in [-0.1, -0.05) is 53.7 Å². The first-order chi connectivity index (χ1) is 35.2. The number of hydrogen-bond donors (Lipinski definition) is 15. The van der Waals surface area contributed by atoms with Crippen molar-refractivity contribution < 1.29 is 83.1 Å². The molecule has 1 aliphatic rings. The van der Waals surface area contributed by atoms with Gasteiger partial charge in [0.2, 0.25) is 53.2 Å². The lowest BCUT2D eigenvalue weighted by Crippen LogP contribution is -2.62. The lowest BCUT2D eigenvalue weighted by Gasteiger charge is -2.31. The number of aromatic hydroxyl groups is 1. The van der Waals surface area contributed by atoms with Gasteiger partial charge in [0.25, 0.3) is 0 Å². The molecule has 1 heterocycles. The van der Waals surface area contributed by atoms with Crippen molar-refractivity contribution in [2.45, 2.75) is 153 Å². The van der Waals surface area contributed by atoms with Crippen LogP contribution in [0.5, 0.6) is 5.75 Å². The Bertz CT molecular complexity index is 2220. The number of phenols is 1. The molecule has 418 valence electrons. The number of carbonyl (C=O) groups is 12. The van der Waals surface area contributed by atoms with Crippen LogP contribution in [0.2, 0.25) is 0 Å². The molecular weight excluding hydrogens is 1010 g/mol. The number of nitrogens with two attached hydrogens (primary N) is 1. The maximum absolute atomic E-state index is 14.0. The van der Waals surface area contributed by atoms with Crippen LogP contribution >= 0.6 is 12.6 Å². The quantitative estimate of drug-likeness (QED) is 0.0322. The highest BCUT2D eigenvalue weighted by atomic mass is 32.1. The van der Waals surface area contributed by atoms with Gasteiger partial charge in [-0.25, -0.2) is 4.79 Å². The minimum absolute atomic E-state index is 0.0148. The number of hydrogen-bond acceptors (Lipinski definition) is 16. The standard InChI is InChI=1S/C47H72N10O17S/c1-7-27(39(65)53-31(20-58)42(68)52-30(47(73)74)18-24-11-13-25(59)14-12-24)49-43(69)33-10-9-17-57(33)46(72)32(21-75)54-40(66)28(8-2)50-44(70)36(22(3)4)56-45(71)37(23(5)6)55-41(67)29(19-35(62)63)51-38(64)26(48)15-16-34(60)61/h11-14,22-23,26-33,36-37,58-59,75H,7-10,15-21,48H2,1-6H3,(H,49,69)(H,50,70)(H,51,64)(H,52,68)(H,53,65)(H,54,66)(H,55,67)(H,56,71)(H,60,61)(H,62,63)(H,73,74)/t26-,27?,28?,29-,30-,31-,32-,33-,36-,37-/m0/s1. The van der Waals surface area contributed by atoms with Gasteiger partial charge in [0.15, 0.2) is 0 Å². The fourth-order valence-electron chi connectivity index (χ4n) is 7.64. The van der Waals surface area contributed by atoms with Crippen molar-refractivity contribution in [1.29, 1.82) is 0 Å². The lowest BCUT2D eigenvalue weighted by molar-refractivity contribution is -0.143. The number of carboxylic acids is 3. The number of carboxylic acid groups (broad SMARTS) is 3. The largest absolute Gasteiger partial charge is 0.508 e. The third-order valence-corrected chi connectivity index (χ3v) is 12.4. The van der Waals surface area contributed by atoms with Crippen LogP contribution in [0, 0.1) is 11.8 Å². The number of carbonyl (C=O) groups excluding carboxylic acids is 9. The predicted octanol–water partition coefficient (Wildman–Crippen LogP) is -3.39. The number of aliphatic hydroxyl groups is 1. The molecule has 0 aliphatic carbocycles. The van der Waals surface area contributed by atoms with Crippen LogP contribution in [-0.4, -0.2) is 181 Å². The average Bonchev–Trinajstić information content (AvgIpc) is 3.85. The number of benzene rings is 1. The second kappa shape index (κ2) is 31.0. The van der Waals surface area contributed by atoms with Gasteiger partial charge in [-0.15, -0.1) is 0 Å². The Labute approximate surface area is 438 Å². The fourth-order valence-corrected chi connectivity index (χ4v) is 7.89. The summed E-state index contributed by atoms with van der Waals surface area (Å²) in [6.45, 7) is 8.49. The molecule has 75 heavy (non-hydrogen) atoms. The molecule has 0 bridgehead atoms. The molecule has 0 radical (unpaired) electrons. The van der Waals surface area contributed by atoms with Crippen LogP contribution in [0.15, 0.2) is 24.3 Å². The number of rotatable bonds is 31. The maximum Gasteiger partial charge on any atom is 0.326 e. The van der Waals surface area contributed by atoms with Gasteiger partial charge in [0, 0.05) is 25.1 Å². The molecular formula is C47H72N10O17S. The number of nitrogens with zero attached hydrogens (tertiary/aromatic N) is 1. The summed E-state index contributed by atoms with van der Waals surface area (Å²) in [4.78, 5) is 157. The van der Waals surface area contributed by atoms with Crippen LogP contribution in [0.3, 0.4) is 0 Å². The number of likely N-dealkylation sites (tertiary alicyclic amines) is 1. The maximum atomic E-state index is 14.0. The van der Waals surface area contributed by atoms with Crippen LogP contribution in [-0.2, 0) is 64.0 Å². The third-order valence-electron chi connectivity index (χ3n) is 12.0. The van der Waals surface area contributed by atoms with Crippen molar-refractivity contribution in [3.05, 3.63) is 29.8 Å². The Balaban J connectivity index is 2.13. The molecule has 15 N–H and O–H groups in total. The molecule has 1 aromatic carbocycles. The Morgan fingerprint density at radius 1 is 0.627 bits per heavy atom. The monoisotopic (exact) mass is 1080 g/mol. The van der Waals surface area contributed by atoms with Crippen molar-refractivity contribution in [1.82, 2.24) is 47.4 Å². The van der Waals surface area contributed by atoms with E-state index < -0.39 is 163 Å². The van der Waals surface area contributed by atoms with Gasteiger partial charge in [-0.05, 0) is 61.6 Å². The lowest BCUT2D eigenvalue weighted by atomic mass is 9.98. The van der Waals surface area contributed by atoms with Gasteiger partial charge < -0.3 is 78.7 Å². The van der Waals surface area contributed by atoms with E-state index in [9.17, 15) is 78.0 Å². The summed E-state index contributed by atoms with van der Waals surface area (Å²) in [6, 6.07) is -8.39. The molecule has 9 amide bonds. The molecule has 0 aromatic heterocycles. The van der Waals surface area contributed by atoms with Crippen LogP contribution in [0.1, 0.15) is 92.1 Å². The summed E-state index contributed by atoms with van der Waals surface area (Å²) < 4.78 is 0. The van der Waals surface area contributed by atoms with Crippen LogP contribution in [0.25, 0.3) is 0 Å². The van der Waals surface area contributed by atoms with Gasteiger partial charge >= 0.3 is 17.9 Å². The SMILES string of the molecule is CCC(NC(=O)[C@@H](NC(=O)[C@@H](NC(=O)[C@H](CC(=O)O)NC(=O)[C@@H](N)CCC(=O)O)C(C)C)C(C)C)C(=O)N[C@@H](CS)C(=O)N1CCC[C@H]1C(=O)NC(CC)C(=O)N[C@@H](CO)C(=O)N[C@@H](Cc1ccc(O)cc1)C(=O)O. The number of thiol groups is 1. The first-order valence-electron chi connectivity index (χ1n) is 24.3. The van der Waals surface area contributed by atoms with Crippen molar-refractivity contribution in [3.63, 3.8) is 0 Å². The van der Waals surface area contributed by atoms with Crippen molar-refractivity contribution >= 4 is 83.7 Å². The fraction of sp³-hybridized carbons (Fsp3) is 0.617. The number of phenolic OH excluding ortho intramolecular Hbond substituents is 1. The zero-order valence-corrected chi connectivity index (χ0v) is 43.5. The van der Waals surface area contributed by atoms with Gasteiger partial charge in [-0.3, -0.25) is 52.7 Å². The zero-order valence-electron chi connectivity index (χ0n) is 42.6. The molecule has 0 saturated carbocycles. The summed E-state index contributed by atoms with van der Waals surface area (Å²) in [5.41, 5.74) is 6.18. The smallest absolute Gasteiger partial charge is 0.326 e. The van der Waals surface area contributed by atoms with Crippen molar-refractivity contribution in [2.75, 3.05) is 18.9 Å². The first-order valence-corrected chi connectivity index (χ1v) is 25.0. The molecule has 0 spiro atoms. The molecule has 10 atom stereocenters. The highest BCUT2D eigenvalue weighted by Crippen LogP contribution is 2.20. The first kappa shape index (κ1) is 64.0. The molecule has 27 nitrogen and oxygen atoms in total. The number of nitrogens with one attached hydrogen (secondary N) is 8. The second-order valence-corrected chi connectivity index (χ2v) is 18.9. The van der Waals surface area contributed by atoms with E-state index in [4.69, 9.17) is 10.8 Å². The van der Waals surface area contributed by atoms with E-state index in [1.165, 1.54) is 29.2 Å². The highest BCUT2D eigenvalue weighted by molar-refractivity contribution is 7.80. The summed E-state index contributed by atoms with van der Waals surface area (Å²) in [7, 11) is 0. The Hall–Kier alpha value is -7.07. The molecule has 28 heteroatoms. The van der Waals surface area contributed by atoms with E-state index in [2.05, 4.69) is 55.2 Å². The number of amides is 9. The Morgan fingerprint density at radius 3 is 1.59 bits per heavy atom. The van der Waals surface area contributed by atoms with Gasteiger partial charge in [0.05, 0.1) is 19.1 Å². The van der Waals surface area contributed by atoms with E-state index in [-0.39, 0.29) is 50.2 Å². The highest BCUT2D eigenvalue weighted by Gasteiger charge is 2.40. The topological polar surface area (TPSA) is 431 Å². The van der Waals surface area contributed by atoms with Crippen molar-refractivity contribution in [3.8, 4) is 5.75 Å². The zero-order chi connectivity index (χ0) is 56.9. The van der Waals surface area contributed by atoms with E-state index >= 15 is 0 Å². The summed E-state index contributed by atoms with van der Waals surface area (Å²) >= 11 is 4.26. The molecule has 1 aliphatic heterocycles. The van der Waals surface area contributed by atoms with Crippen LogP contribution < -0.4 is 48.3 Å². The number of aliphatic carboxylic acids is 3. The second-order valence-electron chi connectivity index (χ2n) is 18.5. The molecule has 2 rings (SSSR count). The summed E-state index contributed by atoms with van der Waals surface area (Å²) in [5.74, 6) is -13.8. The Morgan fingerprint density at radius 2 is 1.09 bits per heavy atom. The third kappa shape index (κ3) is 20.3. The molecule has 1 aromatic rings. The summed E-state index contributed by atoms with van der Waals surface area (Å²) in [6.07, 6.45) is -1.43. The van der Waals surface area contributed by atoms with E-state index in [0.29, 0.717) is 12.0 Å². The number of aliphatic hydroxyl groups excluding tert-OH is 1. The predicted molar refractivity (Wildman–Crippen MR) is 268 cm³/mol. The molecule has 1 saturated heterocycles. The molecule has 2 unspecified atom stereocenters. The molecule has 1 fully saturated rings. The van der Waals surface area contributed by atoms with Crippen molar-refractivity contribution in [2.24, 2.45) is 17.6 Å². The van der Waals surface area contributed by atoms with Gasteiger partial charge in [0.1, 0.15) is 60.1 Å². The van der Waals surface area contributed by atoms with Gasteiger partial charge in [-0.2, -0.15) is 12.6 Å². The Kier molecular flexibility index (Phi) is 26.4. The van der Waals surface area contributed by atoms with Crippen LogP contribution in [0.4, 0.5) is 0 Å². The minimum Gasteiger partial charge on any atom is -0.508 e. The van der Waals surface area contributed by atoms with E-state index in [1.807, 2.05) is 0 Å².